The molecule has 0 heterocycles. The Kier molecular flexibility index (Phi) is 4.01. The summed E-state index contributed by atoms with van der Waals surface area (Å²) in [5.74, 6) is 2.42. The predicted octanol–water partition coefficient (Wildman–Crippen LogP) is 4.45. The maximum Gasteiger partial charge on any atom is 0.0727 e. The summed E-state index contributed by atoms with van der Waals surface area (Å²) in [6, 6.07) is 0.685. The number of hydrogen-bond donors (Lipinski definition) is 2. The predicted molar refractivity (Wildman–Crippen MR) is 99.7 cm³/mol. The zero-order valence-corrected chi connectivity index (χ0v) is 15.9. The van der Waals surface area contributed by atoms with Crippen molar-refractivity contribution >= 4 is 0 Å². The van der Waals surface area contributed by atoms with Gasteiger partial charge in [-0.25, -0.2) is 0 Å². The average molecular weight is 330 g/mol. The van der Waals surface area contributed by atoms with E-state index in [9.17, 15) is 5.11 Å². The van der Waals surface area contributed by atoms with Crippen LogP contribution in [0.5, 0.6) is 0 Å². The van der Waals surface area contributed by atoms with Crippen LogP contribution in [-0.2, 0) is 0 Å². The summed E-state index contributed by atoms with van der Waals surface area (Å²) in [7, 11) is 2.12. The van der Waals surface area contributed by atoms with Gasteiger partial charge in [-0.15, -0.1) is 0 Å². The summed E-state index contributed by atoms with van der Waals surface area (Å²) >= 11 is 0. The Labute approximate surface area is 147 Å². The first-order chi connectivity index (χ1) is 11.4. The van der Waals surface area contributed by atoms with Crippen molar-refractivity contribution in [2.75, 3.05) is 7.05 Å². The van der Waals surface area contributed by atoms with Crippen molar-refractivity contribution in [3.8, 4) is 0 Å². The zero-order chi connectivity index (χ0) is 17.1. The highest BCUT2D eigenvalue weighted by Gasteiger charge is 2.56. The van der Waals surface area contributed by atoms with E-state index in [-0.39, 0.29) is 11.5 Å². The first-order valence-corrected chi connectivity index (χ1v) is 10.2. The van der Waals surface area contributed by atoms with E-state index in [1.807, 2.05) is 6.92 Å². The second kappa shape index (κ2) is 5.71. The van der Waals surface area contributed by atoms with Gasteiger partial charge in [0.05, 0.1) is 6.10 Å². The fraction of sp³-hybridized carbons (Fsp3) is 0.818. The van der Waals surface area contributed by atoms with E-state index in [0.29, 0.717) is 11.5 Å². The molecule has 0 unspecified atom stereocenters. The number of allylic oxidation sites excluding steroid dienone is 2. The quantitative estimate of drug-likeness (QED) is 0.733. The van der Waals surface area contributed by atoms with Crippen LogP contribution in [0.15, 0.2) is 23.3 Å². The molecule has 2 fully saturated rings. The molecule has 2 saturated carbocycles. The van der Waals surface area contributed by atoms with Crippen LogP contribution in [0.2, 0.25) is 0 Å². The molecule has 0 aromatic rings. The van der Waals surface area contributed by atoms with E-state index in [2.05, 4.69) is 38.4 Å². The zero-order valence-electron chi connectivity index (χ0n) is 15.9. The first kappa shape index (κ1) is 16.8. The van der Waals surface area contributed by atoms with Crippen molar-refractivity contribution in [2.24, 2.45) is 28.6 Å². The van der Waals surface area contributed by atoms with Gasteiger partial charge in [-0.1, -0.05) is 31.6 Å². The maximum absolute atomic E-state index is 10.3. The van der Waals surface area contributed by atoms with Gasteiger partial charge in [0, 0.05) is 6.04 Å². The highest BCUT2D eigenvalue weighted by Crippen LogP contribution is 2.65. The Balaban J connectivity index is 1.63. The highest BCUT2D eigenvalue weighted by atomic mass is 16.3. The molecule has 0 aromatic heterocycles. The van der Waals surface area contributed by atoms with E-state index in [1.54, 1.807) is 5.57 Å². The molecule has 0 amide bonds. The molecule has 2 nitrogen and oxygen atoms in total. The van der Waals surface area contributed by atoms with E-state index in [0.717, 1.165) is 17.8 Å². The largest absolute Gasteiger partial charge is 0.389 e. The number of aliphatic hydroxyl groups excluding tert-OH is 1. The lowest BCUT2D eigenvalue weighted by atomic mass is 9.47. The smallest absolute Gasteiger partial charge is 0.0727 e. The third-order valence-electron chi connectivity index (χ3n) is 8.60. The number of nitrogens with one attached hydrogen (secondary N) is 1. The van der Waals surface area contributed by atoms with Crippen LogP contribution in [0, 0.1) is 28.6 Å². The fourth-order valence-electron chi connectivity index (χ4n) is 7.16. The van der Waals surface area contributed by atoms with E-state index in [4.69, 9.17) is 0 Å². The minimum atomic E-state index is -0.270. The molecule has 7 atom stereocenters. The summed E-state index contributed by atoms with van der Waals surface area (Å²) in [6.07, 6.45) is 13.8. The van der Waals surface area contributed by atoms with Crippen LogP contribution in [0.25, 0.3) is 0 Å². The average Bonchev–Trinajstić information content (AvgIpc) is 2.91. The Morgan fingerprint density at radius 1 is 1.08 bits per heavy atom. The molecule has 4 aliphatic rings. The Morgan fingerprint density at radius 3 is 2.54 bits per heavy atom. The van der Waals surface area contributed by atoms with Crippen LogP contribution in [0.3, 0.4) is 0 Å². The number of aliphatic hydroxyl groups is 1. The molecule has 0 saturated heterocycles. The molecular formula is C22H35NO. The highest BCUT2D eigenvalue weighted by molar-refractivity contribution is 5.31. The molecule has 0 spiro atoms. The maximum atomic E-state index is 10.3. The van der Waals surface area contributed by atoms with Gasteiger partial charge in [0.2, 0.25) is 0 Å². The normalized spacial score (nSPS) is 48.7. The molecule has 0 aliphatic heterocycles. The third kappa shape index (κ3) is 2.22. The molecule has 4 aliphatic carbocycles. The van der Waals surface area contributed by atoms with Gasteiger partial charge in [-0.3, -0.25) is 0 Å². The molecule has 0 bridgehead atoms. The van der Waals surface area contributed by atoms with Crippen LogP contribution in [0.4, 0.5) is 0 Å². The van der Waals surface area contributed by atoms with Crippen molar-refractivity contribution in [3.63, 3.8) is 0 Å². The molecule has 0 aromatic carbocycles. The number of hydrogen-bond acceptors (Lipinski definition) is 2. The number of fused-ring (bicyclic) bond motifs is 5. The van der Waals surface area contributed by atoms with Gasteiger partial charge >= 0.3 is 0 Å². The van der Waals surface area contributed by atoms with Crippen LogP contribution >= 0.6 is 0 Å². The summed E-state index contributed by atoms with van der Waals surface area (Å²) < 4.78 is 0. The van der Waals surface area contributed by atoms with E-state index in [1.165, 1.54) is 50.5 Å². The minimum absolute atomic E-state index is 0.249. The summed E-state index contributed by atoms with van der Waals surface area (Å²) in [5, 5.41) is 13.8. The Hall–Kier alpha value is -0.600. The van der Waals surface area contributed by atoms with Gasteiger partial charge in [-0.2, -0.15) is 0 Å². The van der Waals surface area contributed by atoms with Crippen molar-refractivity contribution in [1.82, 2.24) is 5.32 Å². The molecule has 2 heteroatoms. The van der Waals surface area contributed by atoms with Gasteiger partial charge in [0.1, 0.15) is 0 Å². The van der Waals surface area contributed by atoms with Gasteiger partial charge in [0.25, 0.3) is 0 Å². The lowest BCUT2D eigenvalue weighted by Gasteiger charge is -2.58. The Morgan fingerprint density at radius 2 is 1.83 bits per heavy atom. The van der Waals surface area contributed by atoms with Gasteiger partial charge < -0.3 is 10.4 Å². The lowest BCUT2D eigenvalue weighted by Crippen LogP contribution is -2.51. The van der Waals surface area contributed by atoms with E-state index >= 15 is 0 Å². The van der Waals surface area contributed by atoms with Gasteiger partial charge in [0.15, 0.2) is 0 Å². The first-order valence-electron chi connectivity index (χ1n) is 10.2. The summed E-state index contributed by atoms with van der Waals surface area (Å²) in [4.78, 5) is 0. The Bertz CT molecular complexity index is 577. The standard InChI is InChI=1S/C22H35NO/c1-14(24)18-7-8-19-17-6-5-15-13-16(23-4)9-11-21(15,2)20(17)10-12-22(18,19)3/h5,7,14,16-17,19-20,23-24H,6,8-13H2,1-4H3/t14-,16+,17+,19+,20+,21-,22+/m0/s1. The second-order valence-corrected chi connectivity index (χ2v) is 9.52. The van der Waals surface area contributed by atoms with Crippen molar-refractivity contribution in [1.29, 1.82) is 0 Å². The van der Waals surface area contributed by atoms with Crippen molar-refractivity contribution < 1.29 is 5.11 Å². The molecule has 134 valence electrons. The summed E-state index contributed by atoms with van der Waals surface area (Å²) in [6.45, 7) is 6.98. The van der Waals surface area contributed by atoms with Crippen molar-refractivity contribution in [2.45, 2.75) is 77.9 Å². The van der Waals surface area contributed by atoms with E-state index < -0.39 is 0 Å². The second-order valence-electron chi connectivity index (χ2n) is 9.52. The SMILES string of the molecule is CN[C@@H]1CC[C@@]2(C)C(=CC[C@H]3[C@H]2CC[C@]2(C)C([C@H](C)O)=CC[C@H]32)C1. The van der Waals surface area contributed by atoms with Gasteiger partial charge in [-0.05, 0) is 93.1 Å². The fourth-order valence-corrected chi connectivity index (χ4v) is 7.16. The van der Waals surface area contributed by atoms with Crippen molar-refractivity contribution in [3.05, 3.63) is 23.3 Å². The summed E-state index contributed by atoms with van der Waals surface area (Å²) in [5.41, 5.74) is 3.77. The molecule has 2 N–H and O–H groups in total. The molecule has 4 rings (SSSR count). The molecular weight excluding hydrogens is 294 g/mol. The molecule has 24 heavy (non-hydrogen) atoms. The lowest BCUT2D eigenvalue weighted by molar-refractivity contribution is -0.0245. The number of rotatable bonds is 2. The van der Waals surface area contributed by atoms with Crippen LogP contribution < -0.4 is 5.32 Å². The molecule has 0 radical (unpaired) electrons. The monoisotopic (exact) mass is 329 g/mol. The minimum Gasteiger partial charge on any atom is -0.389 e. The van der Waals surface area contributed by atoms with Crippen LogP contribution in [-0.4, -0.2) is 24.3 Å². The third-order valence-corrected chi connectivity index (χ3v) is 8.60. The van der Waals surface area contributed by atoms with Crippen LogP contribution in [0.1, 0.15) is 65.7 Å². The topological polar surface area (TPSA) is 32.3 Å².